The van der Waals surface area contributed by atoms with E-state index in [-0.39, 0.29) is 6.29 Å². The van der Waals surface area contributed by atoms with Crippen molar-refractivity contribution in [3.63, 3.8) is 0 Å². The summed E-state index contributed by atoms with van der Waals surface area (Å²) in [5, 5.41) is 0. The summed E-state index contributed by atoms with van der Waals surface area (Å²) in [4.78, 5) is 0. The van der Waals surface area contributed by atoms with E-state index in [0.29, 0.717) is 30.1 Å². The Bertz CT molecular complexity index is 563. The zero-order valence-corrected chi connectivity index (χ0v) is 20.0. The maximum absolute atomic E-state index is 6.59. The van der Waals surface area contributed by atoms with Crippen LogP contribution in [-0.4, -0.2) is 44.9 Å². The number of methoxy groups -OCH3 is 1. The summed E-state index contributed by atoms with van der Waals surface area (Å²) in [5.74, 6) is 5.00. The van der Waals surface area contributed by atoms with Gasteiger partial charge in [0.25, 0.3) is 0 Å². The monoisotopic (exact) mass is 434 g/mol. The van der Waals surface area contributed by atoms with Gasteiger partial charge in [0.1, 0.15) is 6.10 Å². The first-order valence-electron chi connectivity index (χ1n) is 13.6. The molecule has 10 unspecified atom stereocenters. The van der Waals surface area contributed by atoms with Gasteiger partial charge >= 0.3 is 0 Å². The van der Waals surface area contributed by atoms with Gasteiger partial charge in [0, 0.05) is 7.11 Å². The number of ether oxygens (including phenoxy) is 4. The molecular formula is C27H46O4. The Hall–Kier alpha value is -0.160. The first kappa shape index (κ1) is 22.6. The molecule has 10 atom stereocenters. The van der Waals surface area contributed by atoms with Crippen molar-refractivity contribution < 1.29 is 18.9 Å². The van der Waals surface area contributed by atoms with Crippen LogP contribution >= 0.6 is 0 Å². The van der Waals surface area contributed by atoms with E-state index in [9.17, 15) is 0 Å². The van der Waals surface area contributed by atoms with E-state index in [1.807, 2.05) is 0 Å². The average Bonchev–Trinajstić information content (AvgIpc) is 3.64. The van der Waals surface area contributed by atoms with Crippen LogP contribution in [0.1, 0.15) is 90.4 Å². The van der Waals surface area contributed by atoms with Crippen molar-refractivity contribution in [2.45, 2.75) is 115 Å². The van der Waals surface area contributed by atoms with Crippen LogP contribution in [0.2, 0.25) is 0 Å². The first-order valence-corrected chi connectivity index (χ1v) is 13.6. The molecule has 1 aliphatic heterocycles. The van der Waals surface area contributed by atoms with Crippen LogP contribution in [0.25, 0.3) is 0 Å². The summed E-state index contributed by atoms with van der Waals surface area (Å²) in [6.45, 7) is 3.79. The predicted molar refractivity (Wildman–Crippen MR) is 122 cm³/mol. The molecule has 4 saturated carbocycles. The molecule has 0 radical (unpaired) electrons. The van der Waals surface area contributed by atoms with Gasteiger partial charge in [-0.15, -0.1) is 0 Å². The number of rotatable bonds is 8. The van der Waals surface area contributed by atoms with Crippen LogP contribution in [0.5, 0.6) is 0 Å². The van der Waals surface area contributed by atoms with Crippen molar-refractivity contribution in [2.75, 3.05) is 20.3 Å². The minimum Gasteiger partial charge on any atom is -0.375 e. The zero-order valence-electron chi connectivity index (χ0n) is 20.0. The molecule has 1 heterocycles. The Labute approximate surface area is 190 Å². The molecule has 4 aliphatic carbocycles. The minimum atomic E-state index is -0.0968. The smallest absolute Gasteiger partial charge is 0.154 e. The zero-order chi connectivity index (χ0) is 21.2. The summed E-state index contributed by atoms with van der Waals surface area (Å²) in [6.07, 6.45) is 19.1. The Morgan fingerprint density at radius 3 is 1.97 bits per heavy atom. The minimum absolute atomic E-state index is 0.0968. The molecule has 0 aromatic heterocycles. The third-order valence-corrected chi connectivity index (χ3v) is 9.78. The van der Waals surface area contributed by atoms with Gasteiger partial charge in [-0.2, -0.15) is 0 Å². The molecule has 5 aliphatic rings. The highest BCUT2D eigenvalue weighted by Crippen LogP contribution is 2.52. The van der Waals surface area contributed by atoms with Gasteiger partial charge < -0.3 is 18.9 Å². The van der Waals surface area contributed by atoms with Gasteiger partial charge in [-0.3, -0.25) is 0 Å². The number of hydrogen-bond acceptors (Lipinski definition) is 4. The summed E-state index contributed by atoms with van der Waals surface area (Å²) in [7, 11) is 1.78. The van der Waals surface area contributed by atoms with Crippen molar-refractivity contribution in [2.24, 2.45) is 35.5 Å². The van der Waals surface area contributed by atoms with Gasteiger partial charge in [-0.05, 0) is 87.4 Å². The van der Waals surface area contributed by atoms with E-state index < -0.39 is 0 Å². The van der Waals surface area contributed by atoms with E-state index in [1.54, 1.807) is 7.11 Å². The van der Waals surface area contributed by atoms with E-state index >= 15 is 0 Å². The summed E-state index contributed by atoms with van der Waals surface area (Å²) in [6, 6.07) is 0. The molecular weight excluding hydrogens is 388 g/mol. The van der Waals surface area contributed by atoms with Gasteiger partial charge in [-0.25, -0.2) is 0 Å². The Morgan fingerprint density at radius 1 is 0.774 bits per heavy atom. The van der Waals surface area contributed by atoms with Gasteiger partial charge in [0.05, 0.1) is 25.4 Å². The molecule has 178 valence electrons. The highest BCUT2D eigenvalue weighted by Gasteiger charge is 2.47. The molecule has 1 saturated heterocycles. The largest absolute Gasteiger partial charge is 0.375 e. The Kier molecular flexibility index (Phi) is 7.59. The highest BCUT2D eigenvalue weighted by atomic mass is 16.7. The SMILES string of the molecule is COC(C)OC1CCC2CCCCC2C1CC1C(OCC2CO2)CCC2CCCCC21. The van der Waals surface area contributed by atoms with E-state index in [2.05, 4.69) is 6.92 Å². The molecule has 0 N–H and O–H groups in total. The number of hydrogen-bond donors (Lipinski definition) is 0. The fraction of sp³-hybridized carbons (Fsp3) is 1.00. The van der Waals surface area contributed by atoms with E-state index in [4.69, 9.17) is 18.9 Å². The molecule has 0 bridgehead atoms. The quantitative estimate of drug-likeness (QED) is 0.348. The standard InChI is InChI=1S/C27H46O4/c1-18(28-2)31-27-14-12-20-8-4-6-10-23(20)25(27)15-24-22-9-5-3-7-19(22)11-13-26(24)30-17-21-16-29-21/h18-27H,3-17H2,1-2H3. The number of epoxide rings is 1. The summed E-state index contributed by atoms with van der Waals surface area (Å²) in [5.41, 5.74) is 0. The van der Waals surface area contributed by atoms with Crippen LogP contribution in [0.15, 0.2) is 0 Å². The Balaban J connectivity index is 1.35. The van der Waals surface area contributed by atoms with Crippen molar-refractivity contribution >= 4 is 0 Å². The lowest BCUT2D eigenvalue weighted by atomic mass is 9.57. The molecule has 31 heavy (non-hydrogen) atoms. The normalized spacial score (nSPS) is 46.1. The van der Waals surface area contributed by atoms with Crippen LogP contribution in [0, 0.1) is 35.5 Å². The van der Waals surface area contributed by atoms with E-state index in [1.165, 1.54) is 83.5 Å². The van der Waals surface area contributed by atoms with Crippen LogP contribution in [0.4, 0.5) is 0 Å². The topological polar surface area (TPSA) is 40.2 Å². The fourth-order valence-electron chi connectivity index (χ4n) is 8.09. The van der Waals surface area contributed by atoms with E-state index in [0.717, 1.165) is 36.9 Å². The van der Waals surface area contributed by atoms with Gasteiger partial charge in [0.15, 0.2) is 6.29 Å². The maximum Gasteiger partial charge on any atom is 0.154 e. The van der Waals surface area contributed by atoms with Crippen molar-refractivity contribution in [1.82, 2.24) is 0 Å². The lowest BCUT2D eigenvalue weighted by Gasteiger charge is -2.51. The second kappa shape index (κ2) is 10.4. The first-order chi connectivity index (χ1) is 15.2. The lowest BCUT2D eigenvalue weighted by Crippen LogP contribution is -2.48. The molecule has 0 spiro atoms. The molecule has 0 aromatic rings. The molecule has 0 aromatic carbocycles. The van der Waals surface area contributed by atoms with Gasteiger partial charge in [0.2, 0.25) is 0 Å². The molecule has 0 amide bonds. The molecule has 5 fully saturated rings. The fourth-order valence-corrected chi connectivity index (χ4v) is 8.09. The maximum atomic E-state index is 6.59. The van der Waals surface area contributed by atoms with Gasteiger partial charge in [-0.1, -0.05) is 38.5 Å². The van der Waals surface area contributed by atoms with Crippen LogP contribution in [-0.2, 0) is 18.9 Å². The molecule has 5 rings (SSSR count). The van der Waals surface area contributed by atoms with Crippen molar-refractivity contribution in [3.05, 3.63) is 0 Å². The van der Waals surface area contributed by atoms with Crippen LogP contribution < -0.4 is 0 Å². The number of fused-ring (bicyclic) bond motifs is 2. The summed E-state index contributed by atoms with van der Waals surface area (Å²) >= 11 is 0. The Morgan fingerprint density at radius 2 is 1.35 bits per heavy atom. The molecule has 4 heteroatoms. The predicted octanol–water partition coefficient (Wildman–Crippen LogP) is 5.97. The second-order valence-corrected chi connectivity index (χ2v) is 11.4. The lowest BCUT2D eigenvalue weighted by molar-refractivity contribution is -0.187. The average molecular weight is 435 g/mol. The van der Waals surface area contributed by atoms with Crippen molar-refractivity contribution in [1.29, 1.82) is 0 Å². The van der Waals surface area contributed by atoms with Crippen LogP contribution in [0.3, 0.4) is 0 Å². The summed E-state index contributed by atoms with van der Waals surface area (Å²) < 4.78 is 24.2. The second-order valence-electron chi connectivity index (χ2n) is 11.4. The highest BCUT2D eigenvalue weighted by molar-refractivity contribution is 4.97. The molecule has 4 nitrogen and oxygen atoms in total. The third-order valence-electron chi connectivity index (χ3n) is 9.78. The van der Waals surface area contributed by atoms with Crippen molar-refractivity contribution in [3.8, 4) is 0 Å². The third kappa shape index (κ3) is 5.34.